The van der Waals surface area contributed by atoms with E-state index in [9.17, 15) is 9.59 Å². The Kier molecular flexibility index (Phi) is 4.77. The highest BCUT2D eigenvalue weighted by Gasteiger charge is 2.34. The fourth-order valence-corrected chi connectivity index (χ4v) is 3.54. The van der Waals surface area contributed by atoms with Crippen molar-refractivity contribution in [3.8, 4) is 0 Å². The Labute approximate surface area is 134 Å². The molecule has 116 valence electrons. The van der Waals surface area contributed by atoms with Crippen LogP contribution in [0, 0.1) is 0 Å². The lowest BCUT2D eigenvalue weighted by Gasteiger charge is -2.24. The highest BCUT2D eigenvalue weighted by atomic mass is 32.2. The summed E-state index contributed by atoms with van der Waals surface area (Å²) in [7, 11) is 0. The number of carbonyl (C=O) groups excluding carboxylic acids is 2. The van der Waals surface area contributed by atoms with E-state index in [2.05, 4.69) is 10.3 Å². The van der Waals surface area contributed by atoms with Crippen LogP contribution in [0.25, 0.3) is 0 Å². The molecule has 1 N–H and O–H groups in total. The Morgan fingerprint density at radius 3 is 2.86 bits per heavy atom. The maximum atomic E-state index is 12.5. The first-order chi connectivity index (χ1) is 10.7. The zero-order valence-electron chi connectivity index (χ0n) is 12.3. The standard InChI is InChI=1S/C16H19N3O2S/c20-14(11-12-5-2-1-3-6-12)19-9-4-7-13(19)15(21)18-16-17-8-10-22-16/h1-3,5-6,13H,4,7-11H2,(H,17,18,21)/t13-/m1/s1. The van der Waals surface area contributed by atoms with Crippen LogP contribution < -0.4 is 5.32 Å². The van der Waals surface area contributed by atoms with Gasteiger partial charge in [0.2, 0.25) is 11.8 Å². The Hall–Kier alpha value is -1.82. The summed E-state index contributed by atoms with van der Waals surface area (Å²) in [6.45, 7) is 1.41. The first-order valence-corrected chi connectivity index (χ1v) is 8.54. The lowest BCUT2D eigenvalue weighted by atomic mass is 10.1. The molecule has 0 radical (unpaired) electrons. The summed E-state index contributed by atoms with van der Waals surface area (Å²) in [6.07, 6.45) is 1.95. The van der Waals surface area contributed by atoms with Gasteiger partial charge < -0.3 is 10.2 Å². The molecule has 1 aromatic carbocycles. The van der Waals surface area contributed by atoms with Gasteiger partial charge in [-0.2, -0.15) is 0 Å². The van der Waals surface area contributed by atoms with E-state index >= 15 is 0 Å². The Morgan fingerprint density at radius 1 is 1.32 bits per heavy atom. The smallest absolute Gasteiger partial charge is 0.248 e. The van der Waals surface area contributed by atoms with E-state index in [0.29, 0.717) is 18.1 Å². The molecular weight excluding hydrogens is 298 g/mol. The summed E-state index contributed by atoms with van der Waals surface area (Å²) in [4.78, 5) is 30.8. The van der Waals surface area contributed by atoms with Gasteiger partial charge in [-0.3, -0.25) is 14.6 Å². The number of thioether (sulfide) groups is 1. The van der Waals surface area contributed by atoms with Crippen molar-refractivity contribution in [2.75, 3.05) is 18.8 Å². The third-order valence-corrected chi connectivity index (χ3v) is 4.78. The molecule has 1 saturated heterocycles. The molecule has 0 bridgehead atoms. The molecule has 22 heavy (non-hydrogen) atoms. The number of likely N-dealkylation sites (tertiary alicyclic amines) is 1. The lowest BCUT2D eigenvalue weighted by Crippen LogP contribution is -2.47. The number of hydrogen-bond donors (Lipinski definition) is 1. The van der Waals surface area contributed by atoms with Crippen molar-refractivity contribution in [1.82, 2.24) is 10.2 Å². The summed E-state index contributed by atoms with van der Waals surface area (Å²) >= 11 is 1.56. The van der Waals surface area contributed by atoms with E-state index in [1.54, 1.807) is 16.7 Å². The maximum absolute atomic E-state index is 12.5. The second-order valence-corrected chi connectivity index (χ2v) is 6.52. The summed E-state index contributed by atoms with van der Waals surface area (Å²) in [5.41, 5.74) is 0.981. The quantitative estimate of drug-likeness (QED) is 0.917. The minimum Gasteiger partial charge on any atom is -0.330 e. The third kappa shape index (κ3) is 3.50. The second-order valence-electron chi connectivity index (χ2n) is 5.43. The maximum Gasteiger partial charge on any atom is 0.248 e. The van der Waals surface area contributed by atoms with Crippen molar-refractivity contribution in [2.45, 2.75) is 25.3 Å². The Morgan fingerprint density at radius 2 is 2.14 bits per heavy atom. The van der Waals surface area contributed by atoms with Gasteiger partial charge in [-0.15, -0.1) is 0 Å². The average molecular weight is 317 g/mol. The summed E-state index contributed by atoms with van der Waals surface area (Å²) in [6, 6.07) is 9.29. The zero-order valence-corrected chi connectivity index (χ0v) is 13.1. The highest BCUT2D eigenvalue weighted by molar-refractivity contribution is 8.14. The largest absolute Gasteiger partial charge is 0.330 e. The normalized spacial score (nSPS) is 20.8. The van der Waals surface area contributed by atoms with Gasteiger partial charge in [-0.1, -0.05) is 42.1 Å². The monoisotopic (exact) mass is 317 g/mol. The third-order valence-electron chi connectivity index (χ3n) is 3.89. The molecular formula is C16H19N3O2S. The van der Waals surface area contributed by atoms with Crippen molar-refractivity contribution in [3.63, 3.8) is 0 Å². The van der Waals surface area contributed by atoms with E-state index in [1.807, 2.05) is 30.3 Å². The molecule has 2 aliphatic rings. The number of amidine groups is 1. The predicted octanol–water partition coefficient (Wildman–Crippen LogP) is 1.44. The van der Waals surface area contributed by atoms with E-state index < -0.39 is 0 Å². The number of rotatable bonds is 3. The van der Waals surface area contributed by atoms with Crippen LogP contribution in [0.3, 0.4) is 0 Å². The number of carbonyl (C=O) groups is 2. The van der Waals surface area contributed by atoms with Crippen molar-refractivity contribution in [2.24, 2.45) is 4.99 Å². The van der Waals surface area contributed by atoms with Gasteiger partial charge in [0, 0.05) is 12.3 Å². The number of nitrogens with zero attached hydrogens (tertiary/aromatic N) is 2. The summed E-state index contributed by atoms with van der Waals surface area (Å²) in [5, 5.41) is 3.54. The molecule has 0 saturated carbocycles. The molecule has 1 atom stereocenters. The minimum atomic E-state index is -0.361. The molecule has 5 nitrogen and oxygen atoms in total. The molecule has 2 aliphatic heterocycles. The molecule has 0 aromatic heterocycles. The van der Waals surface area contributed by atoms with Crippen LogP contribution >= 0.6 is 11.8 Å². The van der Waals surface area contributed by atoms with Crippen molar-refractivity contribution >= 4 is 28.7 Å². The Bertz CT molecular complexity index is 588. The second kappa shape index (κ2) is 6.96. The van der Waals surface area contributed by atoms with Crippen LogP contribution in [0.4, 0.5) is 0 Å². The van der Waals surface area contributed by atoms with Crippen LogP contribution in [0.5, 0.6) is 0 Å². The highest BCUT2D eigenvalue weighted by Crippen LogP contribution is 2.20. The van der Waals surface area contributed by atoms with E-state index in [1.165, 1.54) is 0 Å². The van der Waals surface area contributed by atoms with Crippen molar-refractivity contribution in [1.29, 1.82) is 0 Å². The fraction of sp³-hybridized carbons (Fsp3) is 0.438. The molecule has 0 aliphatic carbocycles. The van der Waals surface area contributed by atoms with Gasteiger partial charge in [0.1, 0.15) is 6.04 Å². The van der Waals surface area contributed by atoms with Crippen LogP contribution in [0.1, 0.15) is 18.4 Å². The summed E-state index contributed by atoms with van der Waals surface area (Å²) in [5.74, 6) is 0.827. The van der Waals surface area contributed by atoms with E-state index in [-0.39, 0.29) is 17.9 Å². The molecule has 0 spiro atoms. The zero-order chi connectivity index (χ0) is 15.4. The molecule has 0 unspecified atom stereocenters. The van der Waals surface area contributed by atoms with Gasteiger partial charge in [0.15, 0.2) is 5.17 Å². The number of amides is 2. The van der Waals surface area contributed by atoms with Crippen LogP contribution in [-0.4, -0.2) is 46.8 Å². The van der Waals surface area contributed by atoms with Crippen molar-refractivity contribution < 1.29 is 9.59 Å². The molecule has 2 amide bonds. The van der Waals surface area contributed by atoms with Gasteiger partial charge >= 0.3 is 0 Å². The van der Waals surface area contributed by atoms with Crippen molar-refractivity contribution in [3.05, 3.63) is 35.9 Å². The van der Waals surface area contributed by atoms with E-state index in [0.717, 1.165) is 30.7 Å². The van der Waals surface area contributed by atoms with E-state index in [4.69, 9.17) is 0 Å². The molecule has 6 heteroatoms. The van der Waals surface area contributed by atoms with Crippen LogP contribution in [0.2, 0.25) is 0 Å². The first kappa shape index (κ1) is 15.1. The minimum absolute atomic E-state index is 0.0184. The number of nitrogens with one attached hydrogen (secondary N) is 1. The number of aliphatic imine (C=N–C) groups is 1. The van der Waals surface area contributed by atoms with Gasteiger partial charge in [-0.25, -0.2) is 0 Å². The van der Waals surface area contributed by atoms with Crippen LogP contribution in [0.15, 0.2) is 35.3 Å². The predicted molar refractivity (Wildman–Crippen MR) is 87.8 cm³/mol. The molecule has 1 fully saturated rings. The van der Waals surface area contributed by atoms with Gasteiger partial charge in [0.25, 0.3) is 0 Å². The molecule has 1 aromatic rings. The first-order valence-electron chi connectivity index (χ1n) is 7.55. The topological polar surface area (TPSA) is 61.8 Å². The van der Waals surface area contributed by atoms with Gasteiger partial charge in [-0.05, 0) is 18.4 Å². The number of hydrogen-bond acceptors (Lipinski definition) is 4. The van der Waals surface area contributed by atoms with Crippen LogP contribution in [-0.2, 0) is 16.0 Å². The fourth-order valence-electron chi connectivity index (χ4n) is 2.81. The Balaban J connectivity index is 1.62. The SMILES string of the molecule is O=C(NC1=NCCS1)[C@H]1CCCN1C(=O)Cc1ccccc1. The lowest BCUT2D eigenvalue weighted by molar-refractivity contribution is -0.137. The summed E-state index contributed by atoms with van der Waals surface area (Å²) < 4.78 is 0. The average Bonchev–Trinajstić information content (AvgIpc) is 3.19. The molecule has 3 rings (SSSR count). The molecule has 2 heterocycles. The number of benzene rings is 1. The van der Waals surface area contributed by atoms with Gasteiger partial charge in [0.05, 0.1) is 13.0 Å².